The van der Waals surface area contributed by atoms with E-state index in [0.29, 0.717) is 25.3 Å². The van der Waals surface area contributed by atoms with Gasteiger partial charge in [0.05, 0.1) is 11.3 Å². The lowest BCUT2D eigenvalue weighted by molar-refractivity contribution is -0.137. The normalized spacial score (nSPS) is 15.6. The van der Waals surface area contributed by atoms with Crippen LogP contribution in [0.25, 0.3) is 11.1 Å². The van der Waals surface area contributed by atoms with E-state index in [9.17, 15) is 28.2 Å². The van der Waals surface area contributed by atoms with E-state index in [2.05, 4.69) is 4.98 Å². The van der Waals surface area contributed by atoms with Gasteiger partial charge in [0.15, 0.2) is 6.10 Å². The van der Waals surface area contributed by atoms with Crippen LogP contribution in [0.15, 0.2) is 60.7 Å². The molecule has 4 rings (SSSR count). The van der Waals surface area contributed by atoms with E-state index in [-0.39, 0.29) is 5.69 Å². The van der Waals surface area contributed by atoms with Crippen molar-refractivity contribution in [3.63, 3.8) is 0 Å². The minimum Gasteiger partial charge on any atom is -0.383 e. The van der Waals surface area contributed by atoms with E-state index in [1.165, 1.54) is 18.2 Å². The van der Waals surface area contributed by atoms with Gasteiger partial charge in [-0.05, 0) is 52.9 Å². The molecule has 1 aliphatic heterocycles. The molecule has 1 amide bonds. The number of alkyl halides is 3. The molecule has 0 radical (unpaired) electrons. The fourth-order valence-electron chi connectivity index (χ4n) is 4.01. The quantitative estimate of drug-likeness (QED) is 0.547. The number of anilines is 1. The van der Waals surface area contributed by atoms with Crippen LogP contribution in [0.2, 0.25) is 0 Å². The van der Waals surface area contributed by atoms with Gasteiger partial charge in [-0.25, -0.2) is 4.98 Å². The van der Waals surface area contributed by atoms with Crippen LogP contribution >= 0.6 is 0 Å². The zero-order chi connectivity index (χ0) is 23.8. The minimum absolute atomic E-state index is 0.128. The summed E-state index contributed by atoms with van der Waals surface area (Å²) in [6.45, 7) is 1.10. The summed E-state index contributed by atoms with van der Waals surface area (Å²) in [5.41, 5.74) is 8.19. The number of aliphatic hydroxyl groups excluding tert-OH is 2. The van der Waals surface area contributed by atoms with Crippen LogP contribution in [0.4, 0.5) is 19.0 Å². The molecule has 1 aromatic heterocycles. The Kier molecular flexibility index (Phi) is 6.09. The van der Waals surface area contributed by atoms with Crippen LogP contribution < -0.4 is 10.6 Å². The number of nitrogens with zero attached hydrogens (tertiary/aromatic N) is 2. The third-order valence-electron chi connectivity index (χ3n) is 5.76. The summed E-state index contributed by atoms with van der Waals surface area (Å²) in [6.07, 6.45) is -7.03. The number of rotatable bonds is 5. The maximum atomic E-state index is 12.9. The number of benzene rings is 2. The van der Waals surface area contributed by atoms with Crippen molar-refractivity contribution in [3.8, 4) is 11.1 Å². The maximum absolute atomic E-state index is 12.9. The molecule has 0 saturated heterocycles. The van der Waals surface area contributed by atoms with Crippen molar-refractivity contribution in [2.75, 3.05) is 11.4 Å². The number of pyridine rings is 1. The molecule has 0 bridgehead atoms. The Bertz CT molecular complexity index is 1170. The van der Waals surface area contributed by atoms with Crippen molar-refractivity contribution < 1.29 is 28.2 Å². The molecule has 0 unspecified atom stereocenters. The van der Waals surface area contributed by atoms with Crippen LogP contribution in [0.3, 0.4) is 0 Å². The number of carbonyl (C=O) groups excluding carboxylic acids is 1. The Labute approximate surface area is 188 Å². The number of halogens is 3. The third kappa shape index (κ3) is 4.69. The molecule has 2 aromatic carbocycles. The van der Waals surface area contributed by atoms with Gasteiger partial charge < -0.3 is 20.8 Å². The molecule has 0 spiro atoms. The van der Waals surface area contributed by atoms with E-state index in [1.807, 2.05) is 23.1 Å². The molecule has 4 N–H and O–H groups in total. The van der Waals surface area contributed by atoms with Gasteiger partial charge in [-0.3, -0.25) is 4.79 Å². The molecule has 9 heteroatoms. The van der Waals surface area contributed by atoms with E-state index in [1.54, 1.807) is 12.1 Å². The molecule has 33 heavy (non-hydrogen) atoms. The monoisotopic (exact) mass is 457 g/mol. The molecule has 0 fully saturated rings. The lowest BCUT2D eigenvalue weighted by atomic mass is 9.90. The predicted octanol–water partition coefficient (Wildman–Crippen LogP) is 3.21. The largest absolute Gasteiger partial charge is 0.416 e. The van der Waals surface area contributed by atoms with Crippen LogP contribution in [0.5, 0.6) is 0 Å². The number of carbonyl (C=O) groups is 1. The summed E-state index contributed by atoms with van der Waals surface area (Å²) in [4.78, 5) is 17.6. The van der Waals surface area contributed by atoms with Crippen molar-refractivity contribution >= 4 is 11.7 Å². The predicted molar refractivity (Wildman–Crippen MR) is 116 cm³/mol. The summed E-state index contributed by atoms with van der Waals surface area (Å²) in [6, 6.07) is 15.8. The zero-order valence-electron chi connectivity index (χ0n) is 17.5. The molecule has 6 nitrogen and oxygen atoms in total. The first-order valence-corrected chi connectivity index (χ1v) is 10.3. The lowest BCUT2D eigenvalue weighted by Gasteiger charge is -2.31. The molecule has 172 valence electrons. The van der Waals surface area contributed by atoms with Gasteiger partial charge in [0.25, 0.3) is 0 Å². The van der Waals surface area contributed by atoms with Gasteiger partial charge in [-0.1, -0.05) is 36.4 Å². The van der Waals surface area contributed by atoms with E-state index in [0.717, 1.165) is 34.4 Å². The standard InChI is InChI=1S/C24H22F3N3O3/c25-24(26,27)16-9-7-14(8-10-16)17-4-1-3-15-13-30(12-11-18(15)17)20-6-2-5-19(29-20)21(31)22(32)23(28)33/h1-10,21-22,31-32H,11-13H2,(H2,28,33)/t21-,22+/m1/s1. The Hall–Kier alpha value is -3.43. The summed E-state index contributed by atoms with van der Waals surface area (Å²) in [7, 11) is 0. The van der Waals surface area contributed by atoms with Crippen molar-refractivity contribution in [3.05, 3.63) is 83.0 Å². The highest BCUT2D eigenvalue weighted by atomic mass is 19.4. The first-order valence-electron chi connectivity index (χ1n) is 10.3. The van der Waals surface area contributed by atoms with Crippen molar-refractivity contribution in [1.29, 1.82) is 0 Å². The lowest BCUT2D eigenvalue weighted by Crippen LogP contribution is -2.35. The average molecular weight is 457 g/mol. The number of aromatic nitrogens is 1. The number of aliphatic hydroxyl groups is 2. The van der Waals surface area contributed by atoms with Gasteiger partial charge >= 0.3 is 6.18 Å². The molecule has 0 saturated carbocycles. The van der Waals surface area contributed by atoms with Gasteiger partial charge in [0, 0.05) is 13.1 Å². The highest BCUT2D eigenvalue weighted by molar-refractivity contribution is 5.79. The second-order valence-corrected chi connectivity index (χ2v) is 7.90. The van der Waals surface area contributed by atoms with Gasteiger partial charge in [0.2, 0.25) is 5.91 Å². The second-order valence-electron chi connectivity index (χ2n) is 7.90. The maximum Gasteiger partial charge on any atom is 0.416 e. The Morgan fingerprint density at radius 1 is 1.03 bits per heavy atom. The van der Waals surface area contributed by atoms with Gasteiger partial charge in [-0.2, -0.15) is 13.2 Å². The van der Waals surface area contributed by atoms with E-state index >= 15 is 0 Å². The van der Waals surface area contributed by atoms with E-state index in [4.69, 9.17) is 5.73 Å². The number of amides is 1. The van der Waals surface area contributed by atoms with Crippen molar-refractivity contribution in [1.82, 2.24) is 4.98 Å². The third-order valence-corrected chi connectivity index (χ3v) is 5.76. The highest BCUT2D eigenvalue weighted by Crippen LogP contribution is 2.34. The molecular weight excluding hydrogens is 435 g/mol. The van der Waals surface area contributed by atoms with Gasteiger partial charge in [-0.15, -0.1) is 0 Å². The first-order chi connectivity index (χ1) is 15.6. The number of hydrogen-bond donors (Lipinski definition) is 3. The van der Waals surface area contributed by atoms with E-state index < -0.39 is 29.9 Å². The van der Waals surface area contributed by atoms with Crippen LogP contribution in [0.1, 0.15) is 28.5 Å². The number of primary amides is 1. The molecule has 3 aromatic rings. The Morgan fingerprint density at radius 2 is 1.73 bits per heavy atom. The Morgan fingerprint density at radius 3 is 2.39 bits per heavy atom. The summed E-state index contributed by atoms with van der Waals surface area (Å²) < 4.78 is 38.7. The number of nitrogens with two attached hydrogens (primary N) is 1. The number of fused-ring (bicyclic) bond motifs is 1. The molecule has 0 aliphatic carbocycles. The van der Waals surface area contributed by atoms with Gasteiger partial charge in [0.1, 0.15) is 11.9 Å². The Balaban J connectivity index is 1.58. The number of hydrogen-bond acceptors (Lipinski definition) is 5. The summed E-state index contributed by atoms with van der Waals surface area (Å²) in [5, 5.41) is 19.9. The van der Waals surface area contributed by atoms with Crippen LogP contribution in [-0.4, -0.2) is 33.8 Å². The highest BCUT2D eigenvalue weighted by Gasteiger charge is 2.30. The first kappa shape index (κ1) is 22.8. The average Bonchev–Trinajstić information content (AvgIpc) is 2.82. The van der Waals surface area contributed by atoms with Crippen LogP contribution in [-0.2, 0) is 23.9 Å². The molecular formula is C24H22F3N3O3. The topological polar surface area (TPSA) is 99.7 Å². The SMILES string of the molecule is NC(=O)[C@@H](O)[C@H](O)c1cccc(N2CCc3c(cccc3-c3ccc(C(F)(F)F)cc3)C2)n1. The van der Waals surface area contributed by atoms with Crippen molar-refractivity contribution in [2.24, 2.45) is 5.73 Å². The summed E-state index contributed by atoms with van der Waals surface area (Å²) >= 11 is 0. The molecule has 1 aliphatic rings. The van der Waals surface area contributed by atoms with Crippen LogP contribution in [0, 0.1) is 0 Å². The molecule has 2 heterocycles. The molecule has 2 atom stereocenters. The fourth-order valence-corrected chi connectivity index (χ4v) is 4.01. The fraction of sp³-hybridized carbons (Fsp3) is 0.250. The second kappa shape index (κ2) is 8.84. The zero-order valence-corrected chi connectivity index (χ0v) is 17.5. The summed E-state index contributed by atoms with van der Waals surface area (Å²) in [5.74, 6) is -0.480. The minimum atomic E-state index is -4.38. The van der Waals surface area contributed by atoms with Crippen molar-refractivity contribution in [2.45, 2.75) is 31.3 Å². The smallest absolute Gasteiger partial charge is 0.383 e.